The Morgan fingerprint density at radius 2 is 1.73 bits per heavy atom. The number of carbonyl (C=O) groups is 1. The van der Waals surface area contributed by atoms with Crippen LogP contribution in [0.4, 0.5) is 10.3 Å². The zero-order chi connectivity index (χ0) is 17.9. The molecule has 0 aliphatic carbocycles. The van der Waals surface area contributed by atoms with Gasteiger partial charge in [0.05, 0.1) is 5.56 Å². The molecule has 0 radical (unpaired) electrons. The molecule has 1 saturated heterocycles. The van der Waals surface area contributed by atoms with Crippen LogP contribution < -0.4 is 4.90 Å². The highest BCUT2D eigenvalue weighted by molar-refractivity contribution is 5.90. The molecule has 1 aliphatic rings. The molecule has 4 rings (SSSR count). The van der Waals surface area contributed by atoms with Crippen LogP contribution in [0.15, 0.2) is 47.1 Å². The molecular weight excluding hydrogens is 339 g/mol. The number of hydrogen-bond acceptors (Lipinski definition) is 7. The van der Waals surface area contributed by atoms with Crippen LogP contribution in [0, 0.1) is 5.82 Å². The fraction of sp³-hybridized carbons (Fsp3) is 0.235. The Labute approximate surface area is 148 Å². The minimum atomic E-state index is -0.480. The van der Waals surface area contributed by atoms with Crippen molar-refractivity contribution in [3.05, 3.63) is 54.4 Å². The van der Waals surface area contributed by atoms with E-state index in [1.54, 1.807) is 35.5 Å². The predicted molar refractivity (Wildman–Crippen MR) is 89.8 cm³/mol. The minimum absolute atomic E-state index is 0.0113. The molecular formula is C17H15FN6O2. The number of nitrogens with zero attached hydrogens (tertiary/aromatic N) is 6. The van der Waals surface area contributed by atoms with Crippen molar-refractivity contribution in [1.29, 1.82) is 0 Å². The number of carbonyl (C=O) groups excluding carboxylic acids is 1. The van der Waals surface area contributed by atoms with Crippen LogP contribution in [0.25, 0.3) is 11.5 Å². The Morgan fingerprint density at radius 3 is 2.46 bits per heavy atom. The summed E-state index contributed by atoms with van der Waals surface area (Å²) in [4.78, 5) is 24.6. The lowest BCUT2D eigenvalue weighted by atomic mass is 10.2. The van der Waals surface area contributed by atoms with Crippen molar-refractivity contribution in [2.75, 3.05) is 31.1 Å². The van der Waals surface area contributed by atoms with Crippen molar-refractivity contribution in [2.45, 2.75) is 0 Å². The number of amides is 1. The second kappa shape index (κ2) is 6.87. The fourth-order valence-corrected chi connectivity index (χ4v) is 2.75. The van der Waals surface area contributed by atoms with Crippen LogP contribution in [-0.2, 0) is 0 Å². The van der Waals surface area contributed by atoms with Crippen LogP contribution in [0.3, 0.4) is 0 Å². The Kier molecular flexibility index (Phi) is 4.26. The van der Waals surface area contributed by atoms with E-state index in [1.165, 1.54) is 12.1 Å². The average molecular weight is 354 g/mol. The first kappa shape index (κ1) is 16.1. The summed E-state index contributed by atoms with van der Waals surface area (Å²) in [5, 5.41) is 7.56. The molecule has 1 amide bonds. The van der Waals surface area contributed by atoms with E-state index in [2.05, 4.69) is 20.2 Å². The number of benzene rings is 1. The van der Waals surface area contributed by atoms with Crippen LogP contribution in [0.1, 0.15) is 10.7 Å². The summed E-state index contributed by atoms with van der Waals surface area (Å²) in [6.07, 6.45) is 3.37. The van der Waals surface area contributed by atoms with E-state index in [-0.39, 0.29) is 23.3 Å². The molecule has 0 unspecified atom stereocenters. The van der Waals surface area contributed by atoms with E-state index in [4.69, 9.17) is 4.42 Å². The topological polar surface area (TPSA) is 88.3 Å². The van der Waals surface area contributed by atoms with Gasteiger partial charge in [0.1, 0.15) is 5.82 Å². The minimum Gasteiger partial charge on any atom is -0.412 e. The summed E-state index contributed by atoms with van der Waals surface area (Å²) >= 11 is 0. The highest BCUT2D eigenvalue weighted by Gasteiger charge is 2.27. The van der Waals surface area contributed by atoms with Crippen molar-refractivity contribution in [3.63, 3.8) is 0 Å². The number of anilines is 1. The molecule has 2 aromatic heterocycles. The van der Waals surface area contributed by atoms with E-state index in [9.17, 15) is 9.18 Å². The molecule has 132 valence electrons. The third-order valence-corrected chi connectivity index (χ3v) is 4.11. The third kappa shape index (κ3) is 3.10. The lowest BCUT2D eigenvalue weighted by molar-refractivity contribution is 0.0706. The molecule has 1 aliphatic heterocycles. The molecule has 0 spiro atoms. The van der Waals surface area contributed by atoms with Gasteiger partial charge in [-0.05, 0) is 18.2 Å². The van der Waals surface area contributed by atoms with Crippen LogP contribution in [-0.4, -0.2) is 57.2 Å². The number of rotatable bonds is 3. The highest BCUT2D eigenvalue weighted by Crippen LogP contribution is 2.21. The first-order valence-corrected chi connectivity index (χ1v) is 8.12. The highest BCUT2D eigenvalue weighted by atomic mass is 19.1. The Hall–Kier alpha value is -3.36. The van der Waals surface area contributed by atoms with Gasteiger partial charge < -0.3 is 14.2 Å². The zero-order valence-electron chi connectivity index (χ0n) is 13.7. The quantitative estimate of drug-likeness (QED) is 0.706. The van der Waals surface area contributed by atoms with Crippen molar-refractivity contribution in [1.82, 2.24) is 25.1 Å². The standard InChI is InChI=1S/C17H15FN6O2/c18-13-5-2-1-4-12(13)14-21-22-15(26-14)16(25)23-8-10-24(11-9-23)17-19-6-3-7-20-17/h1-7H,8-11H2. The Balaban J connectivity index is 1.44. The van der Waals surface area contributed by atoms with E-state index in [0.717, 1.165) is 0 Å². The van der Waals surface area contributed by atoms with E-state index >= 15 is 0 Å². The summed E-state index contributed by atoms with van der Waals surface area (Å²) in [5.74, 6) is -0.366. The van der Waals surface area contributed by atoms with Crippen molar-refractivity contribution in [2.24, 2.45) is 0 Å². The van der Waals surface area contributed by atoms with Gasteiger partial charge in [-0.1, -0.05) is 12.1 Å². The predicted octanol–water partition coefficient (Wildman–Crippen LogP) is 1.63. The van der Waals surface area contributed by atoms with Gasteiger partial charge in [0.15, 0.2) is 0 Å². The maximum absolute atomic E-state index is 13.8. The summed E-state index contributed by atoms with van der Waals surface area (Å²) in [5.41, 5.74) is 0.171. The Morgan fingerprint density at radius 1 is 1.00 bits per heavy atom. The molecule has 9 heteroatoms. The van der Waals surface area contributed by atoms with Gasteiger partial charge in [0.25, 0.3) is 5.89 Å². The van der Waals surface area contributed by atoms with Crippen LogP contribution in [0.5, 0.6) is 0 Å². The van der Waals surface area contributed by atoms with Gasteiger partial charge >= 0.3 is 11.8 Å². The number of halogens is 1. The SMILES string of the molecule is O=C(c1nnc(-c2ccccc2F)o1)N1CCN(c2ncccn2)CC1. The third-order valence-electron chi connectivity index (χ3n) is 4.11. The van der Waals surface area contributed by atoms with Crippen molar-refractivity contribution < 1.29 is 13.6 Å². The van der Waals surface area contributed by atoms with Crippen molar-refractivity contribution in [3.8, 4) is 11.5 Å². The molecule has 0 N–H and O–H groups in total. The van der Waals surface area contributed by atoms with Gasteiger partial charge in [-0.15, -0.1) is 10.2 Å². The summed E-state index contributed by atoms with van der Waals surface area (Å²) < 4.78 is 19.2. The second-order valence-corrected chi connectivity index (χ2v) is 5.72. The number of piperazine rings is 1. The average Bonchev–Trinajstić information content (AvgIpc) is 3.18. The largest absolute Gasteiger partial charge is 0.412 e. The number of hydrogen-bond donors (Lipinski definition) is 0. The van der Waals surface area contributed by atoms with E-state index in [1.807, 2.05) is 4.90 Å². The van der Waals surface area contributed by atoms with E-state index < -0.39 is 5.82 Å². The molecule has 26 heavy (non-hydrogen) atoms. The second-order valence-electron chi connectivity index (χ2n) is 5.72. The maximum atomic E-state index is 13.8. The first-order valence-electron chi connectivity index (χ1n) is 8.12. The normalized spacial score (nSPS) is 14.5. The van der Waals surface area contributed by atoms with Crippen LogP contribution in [0.2, 0.25) is 0 Å². The van der Waals surface area contributed by atoms with Gasteiger partial charge in [0.2, 0.25) is 5.95 Å². The van der Waals surface area contributed by atoms with Gasteiger partial charge in [-0.2, -0.15) is 0 Å². The van der Waals surface area contributed by atoms with Gasteiger partial charge in [-0.25, -0.2) is 14.4 Å². The van der Waals surface area contributed by atoms with Crippen molar-refractivity contribution >= 4 is 11.9 Å². The first-order chi connectivity index (χ1) is 12.7. The monoisotopic (exact) mass is 354 g/mol. The van der Waals surface area contributed by atoms with Gasteiger partial charge in [0, 0.05) is 38.6 Å². The molecule has 8 nitrogen and oxygen atoms in total. The molecule has 3 heterocycles. The smallest absolute Gasteiger partial charge is 0.311 e. The fourth-order valence-electron chi connectivity index (χ4n) is 2.75. The van der Waals surface area contributed by atoms with Crippen LogP contribution >= 0.6 is 0 Å². The Bertz CT molecular complexity index is 908. The summed E-state index contributed by atoms with van der Waals surface area (Å²) in [6.45, 7) is 2.16. The van der Waals surface area contributed by atoms with E-state index in [0.29, 0.717) is 32.1 Å². The molecule has 0 atom stereocenters. The summed E-state index contributed by atoms with van der Waals surface area (Å²) in [6, 6.07) is 7.81. The summed E-state index contributed by atoms with van der Waals surface area (Å²) in [7, 11) is 0. The van der Waals surface area contributed by atoms with Gasteiger partial charge in [-0.3, -0.25) is 4.79 Å². The lowest BCUT2D eigenvalue weighted by Crippen LogP contribution is -2.49. The molecule has 0 bridgehead atoms. The molecule has 0 saturated carbocycles. The number of aromatic nitrogens is 4. The lowest BCUT2D eigenvalue weighted by Gasteiger charge is -2.33. The molecule has 3 aromatic rings. The maximum Gasteiger partial charge on any atom is 0.311 e. The molecule has 1 aromatic carbocycles. The molecule has 1 fully saturated rings. The zero-order valence-corrected chi connectivity index (χ0v) is 13.7.